The van der Waals surface area contributed by atoms with Crippen molar-refractivity contribution in [3.8, 4) is 0 Å². The van der Waals surface area contributed by atoms with Crippen LogP contribution in [0.3, 0.4) is 0 Å². The number of anilines is 1. The van der Waals surface area contributed by atoms with E-state index in [4.69, 9.17) is 0 Å². The molecule has 0 fully saturated rings. The quantitative estimate of drug-likeness (QED) is 0.694. The maximum Gasteiger partial charge on any atom is 0.125 e. The molecule has 0 radical (unpaired) electrons. The molecule has 0 spiro atoms. The molecule has 1 aromatic rings. The first-order valence-corrected chi connectivity index (χ1v) is 7.28. The predicted octanol–water partition coefficient (Wildman–Crippen LogP) is 3.94. The number of rotatable bonds is 8. The van der Waals surface area contributed by atoms with Gasteiger partial charge < -0.3 is 5.32 Å². The van der Waals surface area contributed by atoms with Crippen LogP contribution < -0.4 is 5.32 Å². The molecule has 0 aliphatic carbocycles. The second-order valence-corrected chi connectivity index (χ2v) is 4.95. The van der Waals surface area contributed by atoms with E-state index in [0.717, 1.165) is 18.1 Å². The summed E-state index contributed by atoms with van der Waals surface area (Å²) >= 11 is 2.01. The Morgan fingerprint density at radius 3 is 2.75 bits per heavy atom. The molecule has 0 aromatic carbocycles. The minimum absolute atomic E-state index is 0.929. The van der Waals surface area contributed by atoms with Gasteiger partial charge in [-0.15, -0.1) is 0 Å². The number of nitrogens with zero attached hydrogens (tertiary/aromatic N) is 1. The van der Waals surface area contributed by atoms with Gasteiger partial charge in [-0.25, -0.2) is 4.98 Å². The summed E-state index contributed by atoms with van der Waals surface area (Å²) in [5, 5.41) is 3.20. The highest BCUT2D eigenvalue weighted by Gasteiger charge is 1.95. The van der Waals surface area contributed by atoms with Crippen LogP contribution in [0.5, 0.6) is 0 Å². The van der Waals surface area contributed by atoms with E-state index in [1.807, 2.05) is 18.0 Å². The smallest absolute Gasteiger partial charge is 0.125 e. The third-order valence-electron chi connectivity index (χ3n) is 2.34. The summed E-state index contributed by atoms with van der Waals surface area (Å²) in [5.41, 5.74) is 1.32. The van der Waals surface area contributed by atoms with Crippen LogP contribution in [0, 0.1) is 0 Å². The average Bonchev–Trinajstić information content (AvgIpc) is 2.31. The van der Waals surface area contributed by atoms with Gasteiger partial charge in [-0.1, -0.05) is 25.8 Å². The lowest BCUT2D eigenvalue weighted by molar-refractivity contribution is 0.778. The Morgan fingerprint density at radius 2 is 2.12 bits per heavy atom. The topological polar surface area (TPSA) is 24.9 Å². The van der Waals surface area contributed by atoms with E-state index in [0.29, 0.717) is 0 Å². The molecule has 3 heteroatoms. The molecule has 0 saturated carbocycles. The van der Waals surface area contributed by atoms with Crippen molar-refractivity contribution in [2.24, 2.45) is 0 Å². The van der Waals surface area contributed by atoms with Crippen LogP contribution in [0.4, 0.5) is 5.82 Å². The number of hydrogen-bond donors (Lipinski definition) is 1. The molecule has 1 heterocycles. The maximum absolute atomic E-state index is 4.36. The molecule has 0 amide bonds. The van der Waals surface area contributed by atoms with Crippen LogP contribution in [0.25, 0.3) is 0 Å². The predicted molar refractivity (Wildman–Crippen MR) is 74.1 cm³/mol. The van der Waals surface area contributed by atoms with Crippen LogP contribution in [0.2, 0.25) is 0 Å². The van der Waals surface area contributed by atoms with E-state index in [9.17, 15) is 0 Å². The standard InChI is InChI=1S/C13H22N2S/c1-3-5-6-9-16-11-12-7-8-13(14-4-2)15-10-12/h7-8,10H,3-6,9,11H2,1-2H3,(H,14,15). The minimum atomic E-state index is 0.929. The zero-order chi connectivity index (χ0) is 11.6. The lowest BCUT2D eigenvalue weighted by Crippen LogP contribution is -1.98. The second-order valence-electron chi connectivity index (χ2n) is 3.84. The summed E-state index contributed by atoms with van der Waals surface area (Å²) in [6.07, 6.45) is 5.97. The summed E-state index contributed by atoms with van der Waals surface area (Å²) in [4.78, 5) is 4.36. The summed E-state index contributed by atoms with van der Waals surface area (Å²) < 4.78 is 0. The Hall–Kier alpha value is -0.700. The maximum atomic E-state index is 4.36. The average molecular weight is 238 g/mol. The Balaban J connectivity index is 2.21. The highest BCUT2D eigenvalue weighted by Crippen LogP contribution is 2.14. The van der Waals surface area contributed by atoms with Crippen molar-refractivity contribution in [2.45, 2.75) is 38.9 Å². The molecule has 2 nitrogen and oxygen atoms in total. The minimum Gasteiger partial charge on any atom is -0.370 e. The highest BCUT2D eigenvalue weighted by atomic mass is 32.2. The van der Waals surface area contributed by atoms with Crippen molar-refractivity contribution in [3.63, 3.8) is 0 Å². The molecule has 0 atom stereocenters. The van der Waals surface area contributed by atoms with Crippen LogP contribution >= 0.6 is 11.8 Å². The Kier molecular flexibility index (Phi) is 7.06. The Labute approximate surface area is 103 Å². The molecular weight excluding hydrogens is 216 g/mol. The van der Waals surface area contributed by atoms with Gasteiger partial charge in [0.15, 0.2) is 0 Å². The Bertz CT molecular complexity index is 272. The van der Waals surface area contributed by atoms with Crippen molar-refractivity contribution in [1.82, 2.24) is 4.98 Å². The summed E-state index contributed by atoms with van der Waals surface area (Å²) in [5.74, 6) is 3.33. The fourth-order valence-electron chi connectivity index (χ4n) is 1.44. The molecule has 16 heavy (non-hydrogen) atoms. The SMILES string of the molecule is CCCCCSCc1ccc(NCC)nc1. The van der Waals surface area contributed by atoms with Gasteiger partial charge in [-0.05, 0) is 30.7 Å². The Morgan fingerprint density at radius 1 is 1.25 bits per heavy atom. The first-order chi connectivity index (χ1) is 7.86. The molecule has 1 rings (SSSR count). The molecule has 0 saturated heterocycles. The molecule has 1 N–H and O–H groups in total. The van der Waals surface area contributed by atoms with Gasteiger partial charge in [0.25, 0.3) is 0 Å². The number of aromatic nitrogens is 1. The van der Waals surface area contributed by atoms with E-state index in [2.05, 4.69) is 36.3 Å². The number of hydrogen-bond acceptors (Lipinski definition) is 3. The van der Waals surface area contributed by atoms with E-state index in [1.165, 1.54) is 30.6 Å². The lowest BCUT2D eigenvalue weighted by Gasteiger charge is -2.04. The number of thioether (sulfide) groups is 1. The molecule has 0 bridgehead atoms. The molecule has 90 valence electrons. The van der Waals surface area contributed by atoms with E-state index < -0.39 is 0 Å². The molecule has 0 aliphatic rings. The van der Waals surface area contributed by atoms with Crippen LogP contribution in [-0.2, 0) is 5.75 Å². The zero-order valence-electron chi connectivity index (χ0n) is 10.3. The number of pyridine rings is 1. The molecule has 1 aromatic heterocycles. The van der Waals surface area contributed by atoms with E-state index >= 15 is 0 Å². The largest absolute Gasteiger partial charge is 0.370 e. The number of unbranched alkanes of at least 4 members (excludes halogenated alkanes) is 2. The summed E-state index contributed by atoms with van der Waals surface area (Å²) in [6.45, 7) is 5.26. The zero-order valence-corrected chi connectivity index (χ0v) is 11.1. The van der Waals surface area contributed by atoms with Gasteiger partial charge in [0.05, 0.1) is 0 Å². The second kappa shape index (κ2) is 8.45. The fourth-order valence-corrected chi connectivity index (χ4v) is 2.40. The van der Waals surface area contributed by atoms with Gasteiger partial charge in [-0.3, -0.25) is 0 Å². The molecule has 0 unspecified atom stereocenters. The van der Waals surface area contributed by atoms with Gasteiger partial charge in [0.2, 0.25) is 0 Å². The van der Waals surface area contributed by atoms with Crippen LogP contribution in [0.15, 0.2) is 18.3 Å². The van der Waals surface area contributed by atoms with Gasteiger partial charge in [0.1, 0.15) is 5.82 Å². The summed E-state index contributed by atoms with van der Waals surface area (Å²) in [7, 11) is 0. The lowest BCUT2D eigenvalue weighted by atomic mass is 10.3. The van der Waals surface area contributed by atoms with Gasteiger partial charge in [0, 0.05) is 18.5 Å². The normalized spacial score (nSPS) is 10.4. The van der Waals surface area contributed by atoms with Crippen molar-refractivity contribution in [1.29, 1.82) is 0 Å². The first-order valence-electron chi connectivity index (χ1n) is 6.13. The first kappa shape index (κ1) is 13.4. The number of nitrogens with one attached hydrogen (secondary N) is 1. The van der Waals surface area contributed by atoms with Crippen molar-refractivity contribution in [3.05, 3.63) is 23.9 Å². The molecule has 0 aliphatic heterocycles. The highest BCUT2D eigenvalue weighted by molar-refractivity contribution is 7.98. The van der Waals surface area contributed by atoms with Crippen molar-refractivity contribution in [2.75, 3.05) is 17.6 Å². The van der Waals surface area contributed by atoms with Gasteiger partial charge in [-0.2, -0.15) is 11.8 Å². The van der Waals surface area contributed by atoms with Crippen LogP contribution in [-0.4, -0.2) is 17.3 Å². The third-order valence-corrected chi connectivity index (χ3v) is 3.46. The fraction of sp³-hybridized carbons (Fsp3) is 0.615. The van der Waals surface area contributed by atoms with Crippen LogP contribution in [0.1, 0.15) is 38.7 Å². The van der Waals surface area contributed by atoms with E-state index in [1.54, 1.807) is 0 Å². The molecular formula is C13H22N2S. The summed E-state index contributed by atoms with van der Waals surface area (Å²) in [6, 6.07) is 4.23. The monoisotopic (exact) mass is 238 g/mol. The third kappa shape index (κ3) is 5.40. The van der Waals surface area contributed by atoms with Crippen molar-refractivity contribution >= 4 is 17.6 Å². The van der Waals surface area contributed by atoms with Crippen molar-refractivity contribution < 1.29 is 0 Å². The van der Waals surface area contributed by atoms with E-state index in [-0.39, 0.29) is 0 Å². The van der Waals surface area contributed by atoms with Gasteiger partial charge >= 0.3 is 0 Å².